The van der Waals surface area contributed by atoms with E-state index in [4.69, 9.17) is 0 Å². The predicted octanol–water partition coefficient (Wildman–Crippen LogP) is 3.95. The summed E-state index contributed by atoms with van der Waals surface area (Å²) in [5.41, 5.74) is -1.56. The van der Waals surface area contributed by atoms with E-state index in [9.17, 15) is 33.8 Å². The van der Waals surface area contributed by atoms with E-state index in [-0.39, 0.29) is 27.1 Å². The number of fused-ring (bicyclic) bond motifs is 1. The SMILES string of the molecule is CCCn1c(=NC(=O)c2cc([N+](=O)[O-])cc([N+](=O)[O-])c2)sc2cc(F)cc(F)c21. The van der Waals surface area contributed by atoms with Crippen molar-refractivity contribution in [3.8, 4) is 0 Å². The average Bonchev–Trinajstić information content (AvgIpc) is 2.98. The van der Waals surface area contributed by atoms with Crippen LogP contribution in [0.4, 0.5) is 20.2 Å². The Morgan fingerprint density at radius 1 is 1.10 bits per heavy atom. The molecule has 1 amide bonds. The molecule has 2 aromatic carbocycles. The number of non-ortho nitro benzene ring substituents is 2. The number of halogens is 2. The molecule has 0 radical (unpaired) electrons. The van der Waals surface area contributed by atoms with Gasteiger partial charge in [-0.3, -0.25) is 25.0 Å². The lowest BCUT2D eigenvalue weighted by atomic mass is 10.1. The van der Waals surface area contributed by atoms with Crippen molar-refractivity contribution in [2.45, 2.75) is 19.9 Å². The molecule has 1 aromatic heterocycles. The quantitative estimate of drug-likeness (QED) is 0.455. The molecule has 0 atom stereocenters. The molecular weight excluding hydrogens is 410 g/mol. The summed E-state index contributed by atoms with van der Waals surface area (Å²) in [7, 11) is 0. The molecule has 29 heavy (non-hydrogen) atoms. The Morgan fingerprint density at radius 3 is 2.28 bits per heavy atom. The van der Waals surface area contributed by atoms with Crippen molar-refractivity contribution in [3.05, 3.63) is 72.6 Å². The molecule has 0 N–H and O–H groups in total. The van der Waals surface area contributed by atoms with Gasteiger partial charge in [0.05, 0.1) is 31.7 Å². The van der Waals surface area contributed by atoms with E-state index >= 15 is 0 Å². The summed E-state index contributed by atoms with van der Waals surface area (Å²) in [6.07, 6.45) is 0.562. The van der Waals surface area contributed by atoms with E-state index < -0.39 is 38.8 Å². The van der Waals surface area contributed by atoms with Gasteiger partial charge in [-0.15, -0.1) is 0 Å². The smallest absolute Gasteiger partial charge is 0.280 e. The van der Waals surface area contributed by atoms with Crippen LogP contribution in [0, 0.1) is 31.9 Å². The van der Waals surface area contributed by atoms with Gasteiger partial charge in [0.25, 0.3) is 17.3 Å². The number of nitro groups is 2. The summed E-state index contributed by atoms with van der Waals surface area (Å²) >= 11 is 0.864. The first-order valence-corrected chi connectivity index (χ1v) is 9.04. The summed E-state index contributed by atoms with van der Waals surface area (Å²) < 4.78 is 29.4. The number of nitro benzene ring substituents is 2. The molecule has 0 fully saturated rings. The van der Waals surface area contributed by atoms with Crippen LogP contribution < -0.4 is 4.80 Å². The van der Waals surface area contributed by atoms with Gasteiger partial charge in [0.15, 0.2) is 10.6 Å². The second-order valence-corrected chi connectivity index (χ2v) is 6.95. The number of benzene rings is 2. The maximum absolute atomic E-state index is 14.3. The third-order valence-electron chi connectivity index (χ3n) is 3.91. The van der Waals surface area contributed by atoms with Crippen molar-refractivity contribution in [1.29, 1.82) is 0 Å². The Balaban J connectivity index is 2.20. The number of hydrogen-bond donors (Lipinski definition) is 0. The summed E-state index contributed by atoms with van der Waals surface area (Å²) in [6.45, 7) is 2.09. The standard InChI is InChI=1S/C17H12F2N4O5S/c1-2-3-21-15-13(19)6-10(18)7-14(15)29-17(21)20-16(24)9-4-11(22(25)26)8-12(5-9)23(27)28/h4-8H,2-3H2,1H3. The minimum absolute atomic E-state index is 0.0468. The van der Waals surface area contributed by atoms with E-state index in [1.54, 1.807) is 0 Å². The highest BCUT2D eigenvalue weighted by Crippen LogP contribution is 2.25. The Labute approximate surface area is 164 Å². The maximum atomic E-state index is 14.3. The molecule has 0 saturated carbocycles. The molecule has 9 nitrogen and oxygen atoms in total. The largest absolute Gasteiger partial charge is 0.314 e. The molecule has 150 valence electrons. The number of nitrogens with zero attached hydrogens (tertiary/aromatic N) is 4. The van der Waals surface area contributed by atoms with Crippen LogP contribution in [0.15, 0.2) is 35.3 Å². The van der Waals surface area contributed by atoms with Gasteiger partial charge in [-0.1, -0.05) is 18.3 Å². The lowest BCUT2D eigenvalue weighted by molar-refractivity contribution is -0.394. The van der Waals surface area contributed by atoms with Gasteiger partial charge in [0.1, 0.15) is 5.82 Å². The van der Waals surface area contributed by atoms with Crippen molar-refractivity contribution in [3.63, 3.8) is 0 Å². The molecule has 1 heterocycles. The number of carbonyl (C=O) groups excluding carboxylic acids is 1. The number of rotatable bonds is 5. The zero-order chi connectivity index (χ0) is 21.3. The van der Waals surface area contributed by atoms with Gasteiger partial charge in [0.2, 0.25) is 0 Å². The van der Waals surface area contributed by atoms with Gasteiger partial charge in [0, 0.05) is 24.7 Å². The molecule has 3 aromatic rings. The van der Waals surface area contributed by atoms with Gasteiger partial charge in [-0.25, -0.2) is 8.78 Å². The summed E-state index contributed by atoms with van der Waals surface area (Å²) in [5.74, 6) is -2.58. The topological polar surface area (TPSA) is 121 Å². The highest BCUT2D eigenvalue weighted by molar-refractivity contribution is 7.16. The van der Waals surface area contributed by atoms with Crippen LogP contribution in [-0.2, 0) is 6.54 Å². The van der Waals surface area contributed by atoms with E-state index in [1.165, 1.54) is 4.57 Å². The van der Waals surface area contributed by atoms with E-state index in [2.05, 4.69) is 4.99 Å². The fourth-order valence-corrected chi connectivity index (χ4v) is 3.82. The van der Waals surface area contributed by atoms with Crippen molar-refractivity contribution in [2.75, 3.05) is 0 Å². The number of hydrogen-bond acceptors (Lipinski definition) is 6. The Kier molecular flexibility index (Phi) is 5.46. The molecule has 0 spiro atoms. The van der Waals surface area contributed by atoms with Gasteiger partial charge >= 0.3 is 0 Å². The van der Waals surface area contributed by atoms with Crippen LogP contribution >= 0.6 is 11.3 Å². The number of carbonyl (C=O) groups is 1. The molecule has 0 bridgehead atoms. The lowest BCUT2D eigenvalue weighted by Gasteiger charge is -2.03. The molecule has 3 rings (SSSR count). The van der Waals surface area contributed by atoms with Crippen LogP contribution in [0.1, 0.15) is 23.7 Å². The first-order chi connectivity index (χ1) is 13.7. The van der Waals surface area contributed by atoms with Gasteiger partial charge in [-0.2, -0.15) is 4.99 Å². The molecule has 0 aliphatic rings. The normalized spacial score (nSPS) is 11.8. The molecule has 0 aliphatic heterocycles. The van der Waals surface area contributed by atoms with Crippen LogP contribution in [0.5, 0.6) is 0 Å². The van der Waals surface area contributed by atoms with Crippen LogP contribution in [0.3, 0.4) is 0 Å². The van der Waals surface area contributed by atoms with Crippen LogP contribution in [-0.4, -0.2) is 20.3 Å². The Morgan fingerprint density at radius 2 is 1.72 bits per heavy atom. The highest BCUT2D eigenvalue weighted by atomic mass is 32.1. The summed E-state index contributed by atoms with van der Waals surface area (Å²) in [6, 6.07) is 4.30. The minimum atomic E-state index is -0.978. The molecule has 12 heteroatoms. The highest BCUT2D eigenvalue weighted by Gasteiger charge is 2.20. The predicted molar refractivity (Wildman–Crippen MR) is 99.7 cm³/mol. The zero-order valence-electron chi connectivity index (χ0n) is 14.8. The first-order valence-electron chi connectivity index (χ1n) is 8.22. The second-order valence-electron chi connectivity index (χ2n) is 5.94. The minimum Gasteiger partial charge on any atom is -0.314 e. The maximum Gasteiger partial charge on any atom is 0.280 e. The van der Waals surface area contributed by atoms with E-state index in [0.717, 1.165) is 41.7 Å². The average molecular weight is 422 g/mol. The summed E-state index contributed by atoms with van der Waals surface area (Å²) in [5, 5.41) is 22.0. The number of thiazole rings is 1. The zero-order valence-corrected chi connectivity index (χ0v) is 15.6. The van der Waals surface area contributed by atoms with Crippen molar-refractivity contribution in [1.82, 2.24) is 4.57 Å². The fraction of sp³-hybridized carbons (Fsp3) is 0.176. The van der Waals surface area contributed by atoms with E-state index in [1.807, 2.05) is 6.92 Å². The van der Waals surface area contributed by atoms with Crippen molar-refractivity contribution in [2.24, 2.45) is 4.99 Å². The molecule has 0 aliphatic carbocycles. The number of aryl methyl sites for hydroxylation is 1. The number of amides is 1. The Hall–Kier alpha value is -3.54. The van der Waals surface area contributed by atoms with Crippen molar-refractivity contribution < 1.29 is 23.4 Å². The van der Waals surface area contributed by atoms with Gasteiger partial charge in [-0.05, 0) is 12.5 Å². The monoisotopic (exact) mass is 422 g/mol. The van der Waals surface area contributed by atoms with Crippen LogP contribution in [0.2, 0.25) is 0 Å². The molecular formula is C17H12F2N4O5S. The molecule has 0 saturated heterocycles. The molecule has 0 unspecified atom stereocenters. The Bertz CT molecular complexity index is 1200. The van der Waals surface area contributed by atoms with Crippen LogP contribution in [0.25, 0.3) is 10.2 Å². The third-order valence-corrected chi connectivity index (χ3v) is 4.94. The first kappa shape index (κ1) is 20.2. The third kappa shape index (κ3) is 4.01. The van der Waals surface area contributed by atoms with Crippen molar-refractivity contribution >= 4 is 38.8 Å². The van der Waals surface area contributed by atoms with E-state index in [0.29, 0.717) is 6.42 Å². The number of aromatic nitrogens is 1. The lowest BCUT2D eigenvalue weighted by Crippen LogP contribution is -2.17. The second kappa shape index (κ2) is 7.83. The summed E-state index contributed by atoms with van der Waals surface area (Å²) in [4.78, 5) is 36.7. The fourth-order valence-electron chi connectivity index (χ4n) is 2.73. The van der Waals surface area contributed by atoms with Gasteiger partial charge < -0.3 is 4.57 Å².